The van der Waals surface area contributed by atoms with E-state index in [4.69, 9.17) is 0 Å². The number of halogens is 1. The van der Waals surface area contributed by atoms with Crippen molar-refractivity contribution < 1.29 is 9.59 Å². The number of hydrogen-bond acceptors (Lipinski definition) is 3. The molecule has 0 saturated carbocycles. The lowest BCUT2D eigenvalue weighted by molar-refractivity contribution is -0.119. The summed E-state index contributed by atoms with van der Waals surface area (Å²) < 4.78 is 0.586. The van der Waals surface area contributed by atoms with Gasteiger partial charge in [0.1, 0.15) is 4.60 Å². The summed E-state index contributed by atoms with van der Waals surface area (Å²) in [6, 6.07) is 3.55. The molecule has 106 valence electrons. The molecule has 1 aromatic heterocycles. The Labute approximate surface area is 125 Å². The normalized spacial score (nSPS) is 21.1. The monoisotopic (exact) mass is 337 g/mol. The number of hydrogen-bond donors (Lipinski definition) is 1. The number of pyridine rings is 1. The molecule has 1 aromatic rings. The van der Waals surface area contributed by atoms with Crippen LogP contribution in [-0.2, 0) is 4.79 Å². The van der Waals surface area contributed by atoms with Gasteiger partial charge in [0.05, 0.1) is 5.56 Å². The first-order valence-electron chi connectivity index (χ1n) is 6.76. The summed E-state index contributed by atoms with van der Waals surface area (Å²) in [5, 5.41) is 2.91. The molecule has 2 saturated heterocycles. The number of amides is 2. The number of nitrogens with one attached hydrogen (secondary N) is 1. The number of carbonyl (C=O) groups excluding carboxylic acids is 2. The van der Waals surface area contributed by atoms with Gasteiger partial charge in [-0.2, -0.15) is 0 Å². The Bertz CT molecular complexity index is 553. The summed E-state index contributed by atoms with van der Waals surface area (Å²) in [7, 11) is 0. The summed E-state index contributed by atoms with van der Waals surface area (Å²) in [5.74, 6) is 0.150. The zero-order valence-electron chi connectivity index (χ0n) is 11.1. The lowest BCUT2D eigenvalue weighted by Gasteiger charge is -2.38. The van der Waals surface area contributed by atoms with Gasteiger partial charge in [-0.1, -0.05) is 0 Å². The molecule has 0 aromatic carbocycles. The van der Waals surface area contributed by atoms with Crippen LogP contribution in [0.1, 0.15) is 29.6 Å². The summed E-state index contributed by atoms with van der Waals surface area (Å²) in [4.78, 5) is 29.8. The van der Waals surface area contributed by atoms with Gasteiger partial charge in [-0.3, -0.25) is 9.59 Å². The van der Waals surface area contributed by atoms with E-state index in [-0.39, 0.29) is 17.2 Å². The van der Waals surface area contributed by atoms with E-state index in [0.29, 0.717) is 29.7 Å². The van der Waals surface area contributed by atoms with Crippen molar-refractivity contribution in [3.05, 3.63) is 28.5 Å². The van der Waals surface area contributed by atoms with Gasteiger partial charge < -0.3 is 10.2 Å². The van der Waals surface area contributed by atoms with E-state index >= 15 is 0 Å². The van der Waals surface area contributed by atoms with Crippen LogP contribution in [0.2, 0.25) is 0 Å². The molecule has 3 rings (SSSR count). The van der Waals surface area contributed by atoms with Crippen molar-refractivity contribution in [1.82, 2.24) is 15.2 Å². The summed E-state index contributed by atoms with van der Waals surface area (Å²) in [6.45, 7) is 2.16. The molecule has 0 atom stereocenters. The fourth-order valence-corrected chi connectivity index (χ4v) is 3.43. The molecule has 2 fully saturated rings. The molecule has 5 nitrogen and oxygen atoms in total. The van der Waals surface area contributed by atoms with Gasteiger partial charge in [-0.05, 0) is 46.3 Å². The van der Waals surface area contributed by atoms with Crippen molar-refractivity contribution in [2.45, 2.75) is 19.3 Å². The van der Waals surface area contributed by atoms with E-state index < -0.39 is 0 Å². The third kappa shape index (κ3) is 2.44. The zero-order valence-corrected chi connectivity index (χ0v) is 12.6. The van der Waals surface area contributed by atoms with Crippen molar-refractivity contribution in [2.75, 3.05) is 19.6 Å². The van der Waals surface area contributed by atoms with Crippen molar-refractivity contribution >= 4 is 27.7 Å². The van der Waals surface area contributed by atoms with Crippen LogP contribution in [0.3, 0.4) is 0 Å². The molecule has 1 N–H and O–H groups in total. The highest BCUT2D eigenvalue weighted by atomic mass is 79.9. The van der Waals surface area contributed by atoms with Gasteiger partial charge in [-0.15, -0.1) is 0 Å². The van der Waals surface area contributed by atoms with E-state index in [9.17, 15) is 9.59 Å². The molecule has 2 aliphatic rings. The molecular weight excluding hydrogens is 322 g/mol. The first-order valence-corrected chi connectivity index (χ1v) is 7.55. The molecule has 1 spiro atoms. The fraction of sp³-hybridized carbons (Fsp3) is 0.500. The van der Waals surface area contributed by atoms with Gasteiger partial charge in [0.15, 0.2) is 0 Å². The standard InChI is InChI=1S/C14H16BrN3O2/c15-12-10(2-1-5-16-12)13(20)18-6-3-14(4-7-18)8-11(19)17-9-14/h1-2,5H,3-4,6-9H2,(H,17,19). The Morgan fingerprint density at radius 2 is 2.15 bits per heavy atom. The minimum Gasteiger partial charge on any atom is -0.356 e. The second kappa shape index (κ2) is 5.16. The van der Waals surface area contributed by atoms with Crippen LogP contribution in [0.4, 0.5) is 0 Å². The number of likely N-dealkylation sites (tertiary alicyclic amines) is 1. The molecule has 2 amide bonds. The lowest BCUT2D eigenvalue weighted by Crippen LogP contribution is -2.44. The Hall–Kier alpha value is -1.43. The highest BCUT2D eigenvalue weighted by molar-refractivity contribution is 9.10. The maximum atomic E-state index is 12.5. The first kappa shape index (κ1) is 13.5. The highest BCUT2D eigenvalue weighted by Crippen LogP contribution is 2.37. The number of piperidine rings is 1. The van der Waals surface area contributed by atoms with E-state index in [2.05, 4.69) is 26.2 Å². The predicted octanol–water partition coefficient (Wildman–Crippen LogP) is 1.59. The molecule has 0 bridgehead atoms. The maximum Gasteiger partial charge on any atom is 0.256 e. The van der Waals surface area contributed by atoms with Crippen LogP contribution in [0.25, 0.3) is 0 Å². The Morgan fingerprint density at radius 1 is 1.40 bits per heavy atom. The van der Waals surface area contributed by atoms with Gasteiger partial charge in [0.2, 0.25) is 5.91 Å². The number of carbonyl (C=O) groups is 2. The zero-order chi connectivity index (χ0) is 14.2. The Balaban J connectivity index is 1.68. The molecule has 0 aliphatic carbocycles. The quantitative estimate of drug-likeness (QED) is 0.791. The van der Waals surface area contributed by atoms with Crippen LogP contribution in [0.5, 0.6) is 0 Å². The van der Waals surface area contributed by atoms with Crippen LogP contribution in [-0.4, -0.2) is 41.3 Å². The van der Waals surface area contributed by atoms with Crippen molar-refractivity contribution in [3.8, 4) is 0 Å². The smallest absolute Gasteiger partial charge is 0.256 e. The largest absolute Gasteiger partial charge is 0.356 e. The third-order valence-corrected chi connectivity index (χ3v) is 4.93. The number of nitrogens with zero attached hydrogens (tertiary/aromatic N) is 2. The van der Waals surface area contributed by atoms with Gasteiger partial charge >= 0.3 is 0 Å². The van der Waals surface area contributed by atoms with Crippen molar-refractivity contribution in [3.63, 3.8) is 0 Å². The van der Waals surface area contributed by atoms with E-state index in [1.807, 2.05) is 4.90 Å². The van der Waals surface area contributed by atoms with E-state index in [0.717, 1.165) is 19.4 Å². The number of rotatable bonds is 1. The highest BCUT2D eigenvalue weighted by Gasteiger charge is 2.41. The van der Waals surface area contributed by atoms with Crippen LogP contribution in [0, 0.1) is 5.41 Å². The molecule has 6 heteroatoms. The molecule has 0 unspecified atom stereocenters. The molecule has 2 aliphatic heterocycles. The first-order chi connectivity index (χ1) is 9.60. The molecular formula is C14H16BrN3O2. The van der Waals surface area contributed by atoms with Crippen molar-refractivity contribution in [2.24, 2.45) is 5.41 Å². The second-order valence-corrected chi connectivity index (χ2v) is 6.34. The summed E-state index contributed by atoms with van der Waals surface area (Å²) in [5.41, 5.74) is 0.670. The Morgan fingerprint density at radius 3 is 2.75 bits per heavy atom. The van der Waals surface area contributed by atoms with E-state index in [1.165, 1.54) is 0 Å². The second-order valence-electron chi connectivity index (χ2n) is 5.59. The van der Waals surface area contributed by atoms with Gasteiger partial charge in [0, 0.05) is 32.3 Å². The molecule has 3 heterocycles. The van der Waals surface area contributed by atoms with Crippen LogP contribution >= 0.6 is 15.9 Å². The summed E-state index contributed by atoms with van der Waals surface area (Å²) in [6.07, 6.45) is 4.03. The van der Waals surface area contributed by atoms with E-state index in [1.54, 1.807) is 18.3 Å². The average Bonchev–Trinajstić information content (AvgIpc) is 2.81. The average molecular weight is 338 g/mol. The van der Waals surface area contributed by atoms with Gasteiger partial charge in [-0.25, -0.2) is 4.98 Å². The molecule has 20 heavy (non-hydrogen) atoms. The minimum absolute atomic E-state index is 0.0112. The fourth-order valence-electron chi connectivity index (χ4n) is 3.01. The van der Waals surface area contributed by atoms with Crippen LogP contribution in [0.15, 0.2) is 22.9 Å². The minimum atomic E-state index is 0.0112. The topological polar surface area (TPSA) is 62.3 Å². The molecule has 0 radical (unpaired) electrons. The maximum absolute atomic E-state index is 12.5. The Kier molecular flexibility index (Phi) is 3.50. The number of aromatic nitrogens is 1. The SMILES string of the molecule is O=C1CC2(CCN(C(=O)c3cccnc3Br)CC2)CN1. The summed E-state index contributed by atoms with van der Waals surface area (Å²) >= 11 is 3.32. The lowest BCUT2D eigenvalue weighted by atomic mass is 9.77. The van der Waals surface area contributed by atoms with Crippen LogP contribution < -0.4 is 5.32 Å². The van der Waals surface area contributed by atoms with Gasteiger partial charge in [0.25, 0.3) is 5.91 Å². The third-order valence-electron chi connectivity index (χ3n) is 4.30. The predicted molar refractivity (Wildman–Crippen MR) is 77.1 cm³/mol. The van der Waals surface area contributed by atoms with Crippen molar-refractivity contribution in [1.29, 1.82) is 0 Å².